The van der Waals surface area contributed by atoms with Crippen molar-refractivity contribution in [3.63, 3.8) is 0 Å². The number of sulfone groups is 1. The monoisotopic (exact) mass is 280 g/mol. The van der Waals surface area contributed by atoms with Crippen molar-refractivity contribution in [1.29, 1.82) is 0 Å². The first-order valence-electron chi connectivity index (χ1n) is 6.86. The zero-order chi connectivity index (χ0) is 13.5. The SMILES string of the molecule is NC1CC(NC2CCS(=O)(=O)CC2)c2ccccc21. The van der Waals surface area contributed by atoms with Crippen LogP contribution < -0.4 is 11.1 Å². The topological polar surface area (TPSA) is 72.2 Å². The Bertz CT molecular complexity index is 557. The normalized spacial score (nSPS) is 30.2. The van der Waals surface area contributed by atoms with Gasteiger partial charge in [0.05, 0.1) is 11.5 Å². The summed E-state index contributed by atoms with van der Waals surface area (Å²) in [5.41, 5.74) is 8.66. The Balaban J connectivity index is 1.69. The van der Waals surface area contributed by atoms with Crippen molar-refractivity contribution in [3.8, 4) is 0 Å². The van der Waals surface area contributed by atoms with E-state index in [4.69, 9.17) is 5.73 Å². The summed E-state index contributed by atoms with van der Waals surface area (Å²) in [6.45, 7) is 0. The highest BCUT2D eigenvalue weighted by Crippen LogP contribution is 2.37. The largest absolute Gasteiger partial charge is 0.324 e. The third kappa shape index (κ3) is 2.68. The van der Waals surface area contributed by atoms with E-state index in [2.05, 4.69) is 17.4 Å². The van der Waals surface area contributed by atoms with E-state index in [1.807, 2.05) is 12.1 Å². The van der Waals surface area contributed by atoms with Crippen LogP contribution in [0, 0.1) is 0 Å². The molecule has 3 N–H and O–H groups in total. The van der Waals surface area contributed by atoms with Crippen LogP contribution in [0.25, 0.3) is 0 Å². The molecule has 0 saturated carbocycles. The van der Waals surface area contributed by atoms with Crippen LogP contribution in [0.1, 0.15) is 42.5 Å². The van der Waals surface area contributed by atoms with Gasteiger partial charge >= 0.3 is 0 Å². The molecule has 2 aliphatic rings. The van der Waals surface area contributed by atoms with Crippen molar-refractivity contribution < 1.29 is 8.42 Å². The molecule has 0 spiro atoms. The van der Waals surface area contributed by atoms with Gasteiger partial charge in [0, 0.05) is 18.1 Å². The van der Waals surface area contributed by atoms with Crippen LogP contribution in [0.3, 0.4) is 0 Å². The lowest BCUT2D eigenvalue weighted by molar-refractivity contribution is 0.393. The van der Waals surface area contributed by atoms with E-state index in [-0.39, 0.29) is 12.1 Å². The number of fused-ring (bicyclic) bond motifs is 1. The molecule has 0 bridgehead atoms. The minimum absolute atomic E-state index is 0.0982. The molecule has 19 heavy (non-hydrogen) atoms. The second-order valence-electron chi connectivity index (χ2n) is 5.62. The van der Waals surface area contributed by atoms with Gasteiger partial charge < -0.3 is 11.1 Å². The van der Waals surface area contributed by atoms with Crippen LogP contribution in [0.5, 0.6) is 0 Å². The zero-order valence-corrected chi connectivity index (χ0v) is 11.7. The van der Waals surface area contributed by atoms with Crippen molar-refractivity contribution in [2.24, 2.45) is 5.73 Å². The first-order valence-corrected chi connectivity index (χ1v) is 8.68. The molecule has 2 atom stereocenters. The van der Waals surface area contributed by atoms with Gasteiger partial charge in [-0.1, -0.05) is 24.3 Å². The van der Waals surface area contributed by atoms with Crippen LogP contribution in [0.4, 0.5) is 0 Å². The predicted molar refractivity (Wildman–Crippen MR) is 75.5 cm³/mol. The second-order valence-corrected chi connectivity index (χ2v) is 7.92. The molecule has 1 heterocycles. The lowest BCUT2D eigenvalue weighted by Gasteiger charge is -2.27. The first kappa shape index (κ1) is 13.1. The molecule has 1 aliphatic carbocycles. The summed E-state index contributed by atoms with van der Waals surface area (Å²) in [7, 11) is -2.79. The number of hydrogen-bond acceptors (Lipinski definition) is 4. The fourth-order valence-corrected chi connectivity index (χ4v) is 4.66. The Labute approximate surface area is 114 Å². The molecule has 1 aliphatic heterocycles. The molecule has 0 amide bonds. The van der Waals surface area contributed by atoms with E-state index in [0.29, 0.717) is 17.5 Å². The number of nitrogens with one attached hydrogen (secondary N) is 1. The summed E-state index contributed by atoms with van der Waals surface area (Å²) in [6.07, 6.45) is 2.34. The van der Waals surface area contributed by atoms with Gasteiger partial charge in [0.1, 0.15) is 9.84 Å². The molecule has 5 heteroatoms. The molecule has 0 aromatic heterocycles. The standard InChI is InChI=1S/C14H20N2O2S/c15-13-9-14(12-4-2-1-3-11(12)13)16-10-5-7-19(17,18)8-6-10/h1-4,10,13-14,16H,5-9,15H2. The van der Waals surface area contributed by atoms with E-state index < -0.39 is 9.84 Å². The lowest BCUT2D eigenvalue weighted by Crippen LogP contribution is -2.39. The molecule has 1 fully saturated rings. The highest BCUT2D eigenvalue weighted by Gasteiger charge is 2.31. The van der Waals surface area contributed by atoms with Gasteiger partial charge in [-0.3, -0.25) is 0 Å². The van der Waals surface area contributed by atoms with Crippen molar-refractivity contribution in [2.45, 2.75) is 37.4 Å². The van der Waals surface area contributed by atoms with Crippen LogP contribution in [0.2, 0.25) is 0 Å². The van der Waals surface area contributed by atoms with Crippen LogP contribution in [-0.2, 0) is 9.84 Å². The molecule has 0 radical (unpaired) electrons. The average molecular weight is 280 g/mol. The molecule has 1 aromatic carbocycles. The highest BCUT2D eigenvalue weighted by molar-refractivity contribution is 7.91. The van der Waals surface area contributed by atoms with Gasteiger partial charge in [0.25, 0.3) is 0 Å². The summed E-state index contributed by atoms with van der Waals surface area (Å²) in [5.74, 6) is 0.621. The van der Waals surface area contributed by atoms with E-state index >= 15 is 0 Å². The number of nitrogens with two attached hydrogens (primary N) is 1. The summed E-state index contributed by atoms with van der Waals surface area (Å²) < 4.78 is 22.9. The van der Waals surface area contributed by atoms with Gasteiger partial charge in [-0.05, 0) is 30.4 Å². The number of benzene rings is 1. The summed E-state index contributed by atoms with van der Waals surface area (Å²) in [4.78, 5) is 0. The minimum Gasteiger partial charge on any atom is -0.324 e. The fraction of sp³-hybridized carbons (Fsp3) is 0.571. The maximum Gasteiger partial charge on any atom is 0.150 e. The second kappa shape index (κ2) is 4.89. The third-order valence-electron chi connectivity index (χ3n) is 4.25. The quantitative estimate of drug-likeness (QED) is 0.856. The summed E-state index contributed by atoms with van der Waals surface area (Å²) >= 11 is 0. The summed E-state index contributed by atoms with van der Waals surface area (Å²) in [6, 6.07) is 8.95. The Morgan fingerprint density at radius 1 is 1.11 bits per heavy atom. The van der Waals surface area contributed by atoms with E-state index in [0.717, 1.165) is 19.3 Å². The predicted octanol–water partition coefficient (Wildman–Crippen LogP) is 1.30. The molecule has 2 unspecified atom stereocenters. The van der Waals surface area contributed by atoms with Gasteiger partial charge in [0.15, 0.2) is 0 Å². The van der Waals surface area contributed by atoms with Crippen LogP contribution in [-0.4, -0.2) is 26.0 Å². The van der Waals surface area contributed by atoms with Gasteiger partial charge in [-0.2, -0.15) is 0 Å². The molecule has 1 aromatic rings. The minimum atomic E-state index is -2.79. The van der Waals surface area contributed by atoms with Crippen LogP contribution in [0.15, 0.2) is 24.3 Å². The van der Waals surface area contributed by atoms with Crippen molar-refractivity contribution in [2.75, 3.05) is 11.5 Å². The number of rotatable bonds is 2. The molecular formula is C14H20N2O2S. The van der Waals surface area contributed by atoms with Crippen molar-refractivity contribution in [1.82, 2.24) is 5.32 Å². The molecule has 1 saturated heterocycles. The maximum atomic E-state index is 11.4. The third-order valence-corrected chi connectivity index (χ3v) is 5.97. The van der Waals surface area contributed by atoms with Gasteiger partial charge in [-0.15, -0.1) is 0 Å². The van der Waals surface area contributed by atoms with Gasteiger partial charge in [0.2, 0.25) is 0 Å². The van der Waals surface area contributed by atoms with E-state index in [1.54, 1.807) is 0 Å². The first-order chi connectivity index (χ1) is 9.05. The molecule has 4 nitrogen and oxygen atoms in total. The number of hydrogen-bond donors (Lipinski definition) is 2. The zero-order valence-electron chi connectivity index (χ0n) is 10.9. The van der Waals surface area contributed by atoms with Crippen LogP contribution >= 0.6 is 0 Å². The molecule has 3 rings (SSSR count). The Morgan fingerprint density at radius 2 is 1.74 bits per heavy atom. The smallest absolute Gasteiger partial charge is 0.150 e. The Hall–Kier alpha value is -0.910. The highest BCUT2D eigenvalue weighted by atomic mass is 32.2. The molecule has 104 valence electrons. The average Bonchev–Trinajstić information content (AvgIpc) is 2.70. The van der Waals surface area contributed by atoms with Crippen molar-refractivity contribution in [3.05, 3.63) is 35.4 Å². The van der Waals surface area contributed by atoms with E-state index in [1.165, 1.54) is 11.1 Å². The van der Waals surface area contributed by atoms with E-state index in [9.17, 15) is 8.42 Å². The molecular weight excluding hydrogens is 260 g/mol. The lowest BCUT2D eigenvalue weighted by atomic mass is 10.1. The fourth-order valence-electron chi connectivity index (χ4n) is 3.17. The maximum absolute atomic E-state index is 11.4. The van der Waals surface area contributed by atoms with Crippen molar-refractivity contribution >= 4 is 9.84 Å². The summed E-state index contributed by atoms with van der Waals surface area (Å²) in [5, 5.41) is 3.60. The van der Waals surface area contributed by atoms with Gasteiger partial charge in [-0.25, -0.2) is 8.42 Å². The Morgan fingerprint density at radius 3 is 2.42 bits per heavy atom. The Kier molecular flexibility index (Phi) is 3.37.